The Hall–Kier alpha value is -3.70. The minimum absolute atomic E-state index is 0.0746. The van der Waals surface area contributed by atoms with Crippen molar-refractivity contribution in [2.24, 2.45) is 5.92 Å². The van der Waals surface area contributed by atoms with Crippen LogP contribution in [0.4, 0.5) is 0 Å². The lowest BCUT2D eigenvalue weighted by atomic mass is 10.1. The van der Waals surface area contributed by atoms with Gasteiger partial charge in [0.2, 0.25) is 11.8 Å². The molecule has 4 rings (SSSR count). The van der Waals surface area contributed by atoms with Crippen molar-refractivity contribution in [2.75, 3.05) is 13.2 Å². The van der Waals surface area contributed by atoms with Gasteiger partial charge in [-0.1, -0.05) is 30.3 Å². The van der Waals surface area contributed by atoms with Gasteiger partial charge in [-0.05, 0) is 64.0 Å². The summed E-state index contributed by atoms with van der Waals surface area (Å²) in [5, 5.41) is 2.44. The van der Waals surface area contributed by atoms with E-state index in [9.17, 15) is 14.4 Å². The lowest BCUT2D eigenvalue weighted by Crippen LogP contribution is -2.50. The summed E-state index contributed by atoms with van der Waals surface area (Å²) in [4.78, 5) is 38.9. The molecule has 1 aliphatic heterocycles. The lowest BCUT2D eigenvalue weighted by Gasteiger charge is -2.16. The molecule has 37 heavy (non-hydrogen) atoms. The maximum absolute atomic E-state index is 12.6. The van der Waals surface area contributed by atoms with E-state index < -0.39 is 17.7 Å². The number of thiocarbonyl (C=S) groups is 1. The molecule has 0 aliphatic carbocycles. The third-order valence-electron chi connectivity index (χ3n) is 5.72. The van der Waals surface area contributed by atoms with E-state index in [4.69, 9.17) is 21.4 Å². The van der Waals surface area contributed by atoms with Crippen LogP contribution in [0.15, 0.2) is 75.8 Å². The summed E-state index contributed by atoms with van der Waals surface area (Å²) < 4.78 is 11.7. The third-order valence-corrected chi connectivity index (χ3v) is 6.55. The van der Waals surface area contributed by atoms with Crippen molar-refractivity contribution >= 4 is 51.0 Å². The Labute approximate surface area is 227 Å². The summed E-state index contributed by atoms with van der Waals surface area (Å²) in [6.45, 7) is 1.07. The van der Waals surface area contributed by atoms with Crippen LogP contribution < -0.4 is 20.9 Å². The molecule has 1 unspecified atom stereocenters. The average Bonchev–Trinajstić information content (AvgIpc) is 3.54. The Morgan fingerprint density at radius 3 is 2.65 bits per heavy atom. The highest BCUT2D eigenvalue weighted by Crippen LogP contribution is 2.26. The van der Waals surface area contributed by atoms with Crippen molar-refractivity contribution < 1.29 is 23.5 Å². The van der Waals surface area contributed by atoms with Crippen LogP contribution in [0, 0.1) is 5.92 Å². The van der Waals surface area contributed by atoms with Gasteiger partial charge in [0.15, 0.2) is 5.11 Å². The van der Waals surface area contributed by atoms with E-state index in [1.54, 1.807) is 35.2 Å². The van der Waals surface area contributed by atoms with Gasteiger partial charge in [0.25, 0.3) is 5.91 Å². The van der Waals surface area contributed by atoms with Gasteiger partial charge in [0.05, 0.1) is 29.8 Å². The van der Waals surface area contributed by atoms with Crippen LogP contribution in [0.2, 0.25) is 0 Å². The number of carbonyl (C=O) groups excluding carboxylic acids is 3. The highest BCUT2D eigenvalue weighted by molar-refractivity contribution is 9.10. The van der Waals surface area contributed by atoms with E-state index in [0.29, 0.717) is 34.7 Å². The van der Waals surface area contributed by atoms with E-state index in [1.807, 2.05) is 30.3 Å². The lowest BCUT2D eigenvalue weighted by molar-refractivity contribution is -0.129. The topological polar surface area (TPSA) is 113 Å². The van der Waals surface area contributed by atoms with Crippen LogP contribution >= 0.6 is 28.1 Å². The number of nitrogens with zero attached hydrogens (tertiary/aromatic N) is 1. The second-order valence-corrected chi connectivity index (χ2v) is 9.64. The molecule has 2 heterocycles. The number of furan rings is 1. The minimum atomic E-state index is -0.543. The first-order chi connectivity index (χ1) is 17.9. The van der Waals surface area contributed by atoms with Gasteiger partial charge in [-0.15, -0.1) is 0 Å². The molecule has 1 saturated heterocycles. The van der Waals surface area contributed by atoms with Crippen molar-refractivity contribution in [3.8, 4) is 5.75 Å². The summed E-state index contributed by atoms with van der Waals surface area (Å²) >= 11 is 8.56. The molecule has 1 fully saturated rings. The number of benzene rings is 2. The molecule has 0 bridgehead atoms. The van der Waals surface area contributed by atoms with Gasteiger partial charge in [-0.2, -0.15) is 0 Å². The van der Waals surface area contributed by atoms with Crippen LogP contribution in [0.25, 0.3) is 0 Å². The zero-order valence-corrected chi connectivity index (χ0v) is 22.1. The Morgan fingerprint density at radius 1 is 1.11 bits per heavy atom. The standard InChI is InChI=1S/C26H25BrN4O5S/c27-21-13-18(8-9-22(21)36-12-10-17-5-2-1-3-6-17)24(33)28-26(37)30-29-25(34)19-14-23(32)31(15-19)16-20-7-4-11-35-20/h1-9,11,13,19H,10,12,14-16H2,(H,29,34)(H2,28,30,33,37). The third kappa shape index (κ3) is 7.40. The maximum atomic E-state index is 12.6. The van der Waals surface area contributed by atoms with Crippen molar-refractivity contribution in [3.05, 3.63) is 88.3 Å². The van der Waals surface area contributed by atoms with Crippen molar-refractivity contribution in [3.63, 3.8) is 0 Å². The molecule has 192 valence electrons. The fourth-order valence-corrected chi connectivity index (χ4v) is 4.44. The number of carbonyl (C=O) groups is 3. The van der Waals surface area contributed by atoms with Gasteiger partial charge < -0.3 is 14.1 Å². The molecule has 0 radical (unpaired) electrons. The number of halogens is 1. The Bertz CT molecular complexity index is 1270. The Morgan fingerprint density at radius 2 is 1.92 bits per heavy atom. The number of rotatable bonds is 8. The van der Waals surface area contributed by atoms with Crippen LogP contribution in [0.3, 0.4) is 0 Å². The number of nitrogens with one attached hydrogen (secondary N) is 3. The first kappa shape index (κ1) is 26.4. The van der Waals surface area contributed by atoms with E-state index in [2.05, 4.69) is 32.1 Å². The SMILES string of the molecule is O=C(NC(=S)NNC(=O)C1CC(=O)N(Cc2ccco2)C1)c1ccc(OCCc2ccccc2)c(Br)c1. The monoisotopic (exact) mass is 584 g/mol. The summed E-state index contributed by atoms with van der Waals surface area (Å²) in [6.07, 6.45) is 2.38. The fraction of sp³-hybridized carbons (Fsp3) is 0.231. The minimum Gasteiger partial charge on any atom is -0.492 e. The molecule has 2 aromatic carbocycles. The Balaban J connectivity index is 1.20. The smallest absolute Gasteiger partial charge is 0.257 e. The van der Waals surface area contributed by atoms with E-state index in [1.165, 1.54) is 11.8 Å². The quantitative estimate of drug-likeness (QED) is 0.275. The van der Waals surface area contributed by atoms with E-state index in [0.717, 1.165) is 6.42 Å². The van der Waals surface area contributed by atoms with Gasteiger partial charge >= 0.3 is 0 Å². The summed E-state index contributed by atoms with van der Waals surface area (Å²) in [7, 11) is 0. The number of hydrazine groups is 1. The Kier molecular flexibility index (Phi) is 8.91. The molecule has 0 saturated carbocycles. The molecule has 9 nitrogen and oxygen atoms in total. The van der Waals surface area contributed by atoms with Gasteiger partial charge in [0.1, 0.15) is 11.5 Å². The molecule has 1 aliphatic rings. The molecular formula is C26H25BrN4O5S. The number of hydrogen-bond donors (Lipinski definition) is 3. The molecule has 0 spiro atoms. The normalized spacial score (nSPS) is 14.8. The van der Waals surface area contributed by atoms with Crippen LogP contribution in [0.5, 0.6) is 5.75 Å². The molecule has 1 aromatic heterocycles. The molecule has 3 amide bonds. The predicted octanol–water partition coefficient (Wildman–Crippen LogP) is 3.35. The van der Waals surface area contributed by atoms with Gasteiger partial charge in [-0.3, -0.25) is 30.6 Å². The summed E-state index contributed by atoms with van der Waals surface area (Å²) in [6, 6.07) is 18.5. The van der Waals surface area contributed by atoms with E-state index in [-0.39, 0.29) is 24.0 Å². The number of hydrogen-bond acceptors (Lipinski definition) is 6. The predicted molar refractivity (Wildman–Crippen MR) is 143 cm³/mol. The van der Waals surface area contributed by atoms with Gasteiger partial charge in [0, 0.05) is 24.9 Å². The zero-order chi connectivity index (χ0) is 26.2. The molecule has 3 N–H and O–H groups in total. The maximum Gasteiger partial charge on any atom is 0.257 e. The fourth-order valence-electron chi connectivity index (χ4n) is 3.80. The number of ether oxygens (including phenoxy) is 1. The second kappa shape index (κ2) is 12.5. The summed E-state index contributed by atoms with van der Waals surface area (Å²) in [5.41, 5.74) is 6.51. The van der Waals surface area contributed by atoms with Crippen molar-refractivity contribution in [1.29, 1.82) is 0 Å². The number of amides is 3. The largest absolute Gasteiger partial charge is 0.492 e. The molecule has 11 heteroatoms. The zero-order valence-electron chi connectivity index (χ0n) is 19.7. The molecular weight excluding hydrogens is 560 g/mol. The highest BCUT2D eigenvalue weighted by atomic mass is 79.9. The number of likely N-dealkylation sites (tertiary alicyclic amines) is 1. The second-order valence-electron chi connectivity index (χ2n) is 8.38. The first-order valence-corrected chi connectivity index (χ1v) is 12.8. The first-order valence-electron chi connectivity index (χ1n) is 11.6. The van der Waals surface area contributed by atoms with E-state index >= 15 is 0 Å². The van der Waals surface area contributed by atoms with Crippen molar-refractivity contribution in [2.45, 2.75) is 19.4 Å². The van der Waals surface area contributed by atoms with Crippen LogP contribution in [-0.4, -0.2) is 40.9 Å². The van der Waals surface area contributed by atoms with Gasteiger partial charge in [-0.25, -0.2) is 0 Å². The van der Waals surface area contributed by atoms with Crippen molar-refractivity contribution in [1.82, 2.24) is 21.1 Å². The summed E-state index contributed by atoms with van der Waals surface area (Å²) in [5.74, 6) is -0.262. The molecule has 3 aromatic rings. The van der Waals surface area contributed by atoms with Crippen LogP contribution in [-0.2, 0) is 22.6 Å². The average molecular weight is 585 g/mol. The molecule has 1 atom stereocenters. The highest BCUT2D eigenvalue weighted by Gasteiger charge is 2.34. The van der Waals surface area contributed by atoms with Crippen LogP contribution in [0.1, 0.15) is 28.1 Å².